The Labute approximate surface area is 89.0 Å². The second-order valence-corrected chi connectivity index (χ2v) is 4.17. The van der Waals surface area contributed by atoms with Crippen LogP contribution in [0.2, 0.25) is 0 Å². The maximum atomic E-state index is 4.90. The number of nitrogens with zero attached hydrogens (tertiary/aromatic N) is 4. The van der Waals surface area contributed by atoms with Gasteiger partial charge >= 0.3 is 0 Å². The van der Waals surface area contributed by atoms with Gasteiger partial charge in [0.15, 0.2) is 3.95 Å². The molecule has 0 atom stereocenters. The Bertz CT molecular complexity index is 429. The molecule has 14 heavy (non-hydrogen) atoms. The van der Waals surface area contributed by atoms with Crippen molar-refractivity contribution in [3.05, 3.63) is 16.6 Å². The lowest BCUT2D eigenvalue weighted by Gasteiger charge is -2.00. The first-order valence-corrected chi connectivity index (χ1v) is 5.19. The maximum Gasteiger partial charge on any atom is 0.204 e. The zero-order valence-electron chi connectivity index (χ0n) is 7.17. The summed E-state index contributed by atoms with van der Waals surface area (Å²) in [6.07, 6.45) is 3.19. The van der Waals surface area contributed by atoms with Gasteiger partial charge in [0.05, 0.1) is 6.54 Å². The molecule has 0 aliphatic carbocycles. The quantitative estimate of drug-likeness (QED) is 0.761. The zero-order valence-corrected chi connectivity index (χ0v) is 8.81. The van der Waals surface area contributed by atoms with E-state index in [1.165, 1.54) is 17.7 Å². The van der Waals surface area contributed by atoms with Crippen molar-refractivity contribution in [3.8, 4) is 0 Å². The van der Waals surface area contributed by atoms with Crippen molar-refractivity contribution in [2.24, 2.45) is 0 Å². The van der Waals surface area contributed by atoms with Crippen LogP contribution in [0.3, 0.4) is 0 Å². The fourth-order valence-corrected chi connectivity index (χ4v) is 1.75. The van der Waals surface area contributed by atoms with Gasteiger partial charge in [-0.3, -0.25) is 9.78 Å². The van der Waals surface area contributed by atoms with Crippen LogP contribution in [-0.2, 0) is 6.54 Å². The molecule has 0 saturated carbocycles. The molecule has 2 rings (SSSR count). The Kier molecular flexibility index (Phi) is 2.84. The smallest absolute Gasteiger partial charge is 0.204 e. The first-order chi connectivity index (χ1) is 6.84. The van der Waals surface area contributed by atoms with Crippen molar-refractivity contribution in [3.63, 3.8) is 0 Å². The Morgan fingerprint density at radius 1 is 1.64 bits per heavy atom. The van der Waals surface area contributed by atoms with E-state index in [2.05, 4.69) is 25.6 Å². The molecular weight excluding hydrogens is 220 g/mol. The minimum Gasteiger partial charge on any atom is -0.358 e. The standard InChI is InChI=1S/C6H8N6S2/c13-6-11-10-5(14-6)8-1-2-12-4-7-3-9-12/h3-4H,1-2H2,(H,8,10)(H,11,13). The van der Waals surface area contributed by atoms with Crippen molar-refractivity contribution in [1.82, 2.24) is 25.0 Å². The van der Waals surface area contributed by atoms with Gasteiger partial charge in [0.1, 0.15) is 12.7 Å². The van der Waals surface area contributed by atoms with Gasteiger partial charge in [-0.25, -0.2) is 4.98 Å². The number of rotatable bonds is 4. The lowest BCUT2D eigenvalue weighted by molar-refractivity contribution is 0.635. The third-order valence-corrected chi connectivity index (χ3v) is 2.57. The van der Waals surface area contributed by atoms with E-state index in [0.717, 1.165) is 18.2 Å². The summed E-state index contributed by atoms with van der Waals surface area (Å²) in [6.45, 7) is 1.51. The number of aromatic nitrogens is 5. The number of aromatic amines is 1. The molecule has 0 amide bonds. The van der Waals surface area contributed by atoms with Gasteiger partial charge in [-0.1, -0.05) is 11.3 Å². The van der Waals surface area contributed by atoms with Gasteiger partial charge in [-0.15, -0.1) is 5.10 Å². The SMILES string of the molecule is S=c1[nH]nc(NCCn2cncn2)s1. The van der Waals surface area contributed by atoms with Gasteiger partial charge in [-0.05, 0) is 12.2 Å². The van der Waals surface area contributed by atoms with Crippen LogP contribution in [0.15, 0.2) is 12.7 Å². The molecule has 74 valence electrons. The number of hydrogen-bond donors (Lipinski definition) is 2. The van der Waals surface area contributed by atoms with Gasteiger partial charge in [-0.2, -0.15) is 5.10 Å². The predicted molar refractivity (Wildman–Crippen MR) is 55.8 cm³/mol. The minimum atomic E-state index is 0.674. The number of H-pyrrole nitrogens is 1. The van der Waals surface area contributed by atoms with E-state index in [1.54, 1.807) is 11.0 Å². The van der Waals surface area contributed by atoms with E-state index in [9.17, 15) is 0 Å². The van der Waals surface area contributed by atoms with Gasteiger partial charge in [0.25, 0.3) is 0 Å². The number of nitrogens with one attached hydrogen (secondary N) is 2. The Balaban J connectivity index is 1.81. The lowest BCUT2D eigenvalue weighted by atomic mass is 10.6. The van der Waals surface area contributed by atoms with Crippen LogP contribution in [-0.4, -0.2) is 31.5 Å². The summed E-state index contributed by atoms with van der Waals surface area (Å²) in [6, 6.07) is 0. The summed E-state index contributed by atoms with van der Waals surface area (Å²) in [5.41, 5.74) is 0. The first kappa shape index (κ1) is 9.28. The van der Waals surface area contributed by atoms with E-state index in [4.69, 9.17) is 12.2 Å². The average molecular weight is 228 g/mol. The summed E-state index contributed by atoms with van der Waals surface area (Å²) in [4.78, 5) is 3.84. The molecular formula is C6H8N6S2. The van der Waals surface area contributed by atoms with Gasteiger partial charge < -0.3 is 5.32 Å². The van der Waals surface area contributed by atoms with Crippen LogP contribution < -0.4 is 5.32 Å². The topological polar surface area (TPSA) is 71.4 Å². The van der Waals surface area contributed by atoms with E-state index in [0.29, 0.717) is 3.95 Å². The largest absolute Gasteiger partial charge is 0.358 e. The second-order valence-electron chi connectivity index (χ2n) is 2.50. The van der Waals surface area contributed by atoms with E-state index in [-0.39, 0.29) is 0 Å². The van der Waals surface area contributed by atoms with E-state index in [1.807, 2.05) is 0 Å². The molecule has 0 bridgehead atoms. The fraction of sp³-hybridized carbons (Fsp3) is 0.333. The summed E-state index contributed by atoms with van der Waals surface area (Å²) in [7, 11) is 0. The fourth-order valence-electron chi connectivity index (χ4n) is 0.931. The molecule has 0 aliphatic rings. The van der Waals surface area contributed by atoms with Crippen molar-refractivity contribution in [1.29, 1.82) is 0 Å². The van der Waals surface area contributed by atoms with Gasteiger partial charge in [0, 0.05) is 6.54 Å². The molecule has 6 nitrogen and oxygen atoms in total. The number of anilines is 1. The molecule has 2 N–H and O–H groups in total. The predicted octanol–water partition coefficient (Wildman–Crippen LogP) is 0.904. The molecule has 2 aromatic rings. The zero-order chi connectivity index (χ0) is 9.80. The van der Waals surface area contributed by atoms with Crippen molar-refractivity contribution < 1.29 is 0 Å². The van der Waals surface area contributed by atoms with Crippen LogP contribution in [0.4, 0.5) is 5.13 Å². The van der Waals surface area contributed by atoms with E-state index < -0.39 is 0 Å². The summed E-state index contributed by atoms with van der Waals surface area (Å²) >= 11 is 6.31. The molecule has 0 spiro atoms. The van der Waals surface area contributed by atoms with Crippen molar-refractivity contribution in [2.45, 2.75) is 6.54 Å². The third-order valence-electron chi connectivity index (χ3n) is 1.52. The molecule has 0 fully saturated rings. The highest BCUT2D eigenvalue weighted by Crippen LogP contribution is 2.09. The van der Waals surface area contributed by atoms with Crippen molar-refractivity contribution >= 4 is 28.7 Å². The van der Waals surface area contributed by atoms with Crippen molar-refractivity contribution in [2.75, 3.05) is 11.9 Å². The highest BCUT2D eigenvalue weighted by Gasteiger charge is 1.96. The third kappa shape index (κ3) is 2.36. The van der Waals surface area contributed by atoms with Crippen LogP contribution in [0.5, 0.6) is 0 Å². The van der Waals surface area contributed by atoms with Crippen LogP contribution in [0, 0.1) is 3.95 Å². The molecule has 8 heteroatoms. The maximum absolute atomic E-state index is 4.90. The Morgan fingerprint density at radius 2 is 2.57 bits per heavy atom. The van der Waals surface area contributed by atoms with Crippen LogP contribution >= 0.6 is 23.6 Å². The molecule has 0 radical (unpaired) electrons. The average Bonchev–Trinajstić information content (AvgIpc) is 2.77. The highest BCUT2D eigenvalue weighted by molar-refractivity contribution is 7.73. The molecule has 0 aliphatic heterocycles. The molecule has 2 aromatic heterocycles. The lowest BCUT2D eigenvalue weighted by Crippen LogP contribution is -2.10. The first-order valence-electron chi connectivity index (χ1n) is 3.96. The van der Waals surface area contributed by atoms with Gasteiger partial charge in [0.2, 0.25) is 5.13 Å². The monoisotopic (exact) mass is 228 g/mol. The Hall–Kier alpha value is -1.28. The molecule has 0 saturated heterocycles. The second kappa shape index (κ2) is 4.29. The van der Waals surface area contributed by atoms with E-state index >= 15 is 0 Å². The summed E-state index contributed by atoms with van der Waals surface area (Å²) in [5, 5.41) is 14.6. The van der Waals surface area contributed by atoms with Crippen LogP contribution in [0.1, 0.15) is 0 Å². The minimum absolute atomic E-state index is 0.674. The summed E-state index contributed by atoms with van der Waals surface area (Å²) in [5.74, 6) is 0. The van der Waals surface area contributed by atoms with Crippen LogP contribution in [0.25, 0.3) is 0 Å². The highest BCUT2D eigenvalue weighted by atomic mass is 32.1. The molecule has 0 aromatic carbocycles. The summed E-state index contributed by atoms with van der Waals surface area (Å²) < 4.78 is 2.42. The molecule has 2 heterocycles. The number of hydrogen-bond acceptors (Lipinski definition) is 6. The molecule has 0 unspecified atom stereocenters. The normalized spacial score (nSPS) is 10.3. The Morgan fingerprint density at radius 3 is 3.21 bits per heavy atom.